The molecule has 6 heteroatoms. The number of para-hydroxylation sites is 1. The highest BCUT2D eigenvalue weighted by Crippen LogP contribution is 2.24. The van der Waals surface area contributed by atoms with Gasteiger partial charge < -0.3 is 20.4 Å². The molecule has 26 heavy (non-hydrogen) atoms. The van der Waals surface area contributed by atoms with E-state index < -0.39 is 0 Å². The van der Waals surface area contributed by atoms with Crippen LogP contribution < -0.4 is 15.5 Å². The maximum Gasteiger partial charge on any atom is 0.253 e. The van der Waals surface area contributed by atoms with Crippen molar-refractivity contribution in [3.05, 3.63) is 29.8 Å². The van der Waals surface area contributed by atoms with E-state index >= 15 is 0 Å². The molecule has 1 heterocycles. The molecule has 1 aliphatic rings. The van der Waals surface area contributed by atoms with E-state index in [4.69, 9.17) is 0 Å². The summed E-state index contributed by atoms with van der Waals surface area (Å²) in [4.78, 5) is 28.5. The lowest BCUT2D eigenvalue weighted by molar-refractivity contribution is -0.121. The van der Waals surface area contributed by atoms with Crippen molar-refractivity contribution < 1.29 is 9.59 Å². The molecule has 0 spiro atoms. The van der Waals surface area contributed by atoms with Crippen LogP contribution in [0.4, 0.5) is 5.69 Å². The van der Waals surface area contributed by atoms with Crippen molar-refractivity contribution in [2.75, 3.05) is 45.2 Å². The van der Waals surface area contributed by atoms with Gasteiger partial charge in [-0.2, -0.15) is 0 Å². The molecule has 1 aromatic carbocycles. The molecule has 1 fully saturated rings. The van der Waals surface area contributed by atoms with Gasteiger partial charge in [0, 0.05) is 37.8 Å². The molecular formula is C20H32N4O2. The molecule has 144 valence electrons. The van der Waals surface area contributed by atoms with Crippen molar-refractivity contribution in [2.45, 2.75) is 38.6 Å². The molecule has 0 saturated carbocycles. The predicted octanol–water partition coefficient (Wildman–Crippen LogP) is 1.86. The highest BCUT2D eigenvalue weighted by molar-refractivity contribution is 5.99. The van der Waals surface area contributed by atoms with E-state index in [0.717, 1.165) is 50.1 Å². The van der Waals surface area contributed by atoms with Gasteiger partial charge in [0.2, 0.25) is 5.91 Å². The Morgan fingerprint density at radius 1 is 1.19 bits per heavy atom. The van der Waals surface area contributed by atoms with Gasteiger partial charge >= 0.3 is 0 Å². The number of amides is 2. The monoisotopic (exact) mass is 360 g/mol. The Hall–Kier alpha value is -2.08. The second-order valence-corrected chi connectivity index (χ2v) is 7.11. The Labute approximate surface area is 156 Å². The van der Waals surface area contributed by atoms with Crippen LogP contribution in [0, 0.1) is 0 Å². The number of piperidine rings is 1. The SMILES string of the molecule is CCC(=O)NC1CCN(c2ccccc2C(=O)NCCCN(C)C)CC1. The first kappa shape index (κ1) is 20.2. The molecule has 0 bridgehead atoms. The van der Waals surface area contributed by atoms with E-state index in [1.165, 1.54) is 0 Å². The molecule has 0 atom stereocenters. The number of rotatable bonds is 8. The van der Waals surface area contributed by atoms with Gasteiger partial charge in [0.05, 0.1) is 5.56 Å². The number of hydrogen-bond acceptors (Lipinski definition) is 4. The summed E-state index contributed by atoms with van der Waals surface area (Å²) >= 11 is 0. The molecular weight excluding hydrogens is 328 g/mol. The largest absolute Gasteiger partial charge is 0.371 e. The fourth-order valence-corrected chi connectivity index (χ4v) is 3.23. The van der Waals surface area contributed by atoms with Gasteiger partial charge in [-0.15, -0.1) is 0 Å². The first-order valence-electron chi connectivity index (χ1n) is 9.57. The molecule has 1 saturated heterocycles. The molecule has 2 N–H and O–H groups in total. The van der Waals surface area contributed by atoms with Crippen molar-refractivity contribution in [1.29, 1.82) is 0 Å². The number of anilines is 1. The van der Waals surface area contributed by atoms with Gasteiger partial charge in [0.15, 0.2) is 0 Å². The minimum absolute atomic E-state index is 0.0132. The lowest BCUT2D eigenvalue weighted by Crippen LogP contribution is -2.45. The van der Waals surface area contributed by atoms with Gasteiger partial charge in [-0.1, -0.05) is 19.1 Å². The maximum absolute atomic E-state index is 12.6. The van der Waals surface area contributed by atoms with Crippen LogP contribution in [-0.4, -0.2) is 63.0 Å². The Morgan fingerprint density at radius 3 is 2.54 bits per heavy atom. The summed E-state index contributed by atoms with van der Waals surface area (Å²) in [6, 6.07) is 8.03. The second kappa shape index (κ2) is 10.2. The van der Waals surface area contributed by atoms with Crippen molar-refractivity contribution in [3.63, 3.8) is 0 Å². The summed E-state index contributed by atoms with van der Waals surface area (Å²) in [5, 5.41) is 6.10. The predicted molar refractivity (Wildman–Crippen MR) is 106 cm³/mol. The quantitative estimate of drug-likeness (QED) is 0.695. The zero-order valence-electron chi connectivity index (χ0n) is 16.3. The van der Waals surface area contributed by atoms with E-state index in [9.17, 15) is 9.59 Å². The van der Waals surface area contributed by atoms with Crippen LogP contribution in [0.2, 0.25) is 0 Å². The Kier molecular flexibility index (Phi) is 7.91. The standard InChI is InChI=1S/C20H32N4O2/c1-4-19(25)22-16-10-14-24(15-11-16)18-9-6-5-8-17(18)20(26)21-12-7-13-23(2)3/h5-6,8-9,16H,4,7,10-15H2,1-3H3,(H,21,26)(H,22,25). The first-order chi connectivity index (χ1) is 12.5. The molecule has 2 rings (SSSR count). The fraction of sp³-hybridized carbons (Fsp3) is 0.600. The summed E-state index contributed by atoms with van der Waals surface area (Å²) in [6.45, 7) is 5.20. The summed E-state index contributed by atoms with van der Waals surface area (Å²) in [7, 11) is 4.06. The van der Waals surface area contributed by atoms with Crippen LogP contribution in [0.3, 0.4) is 0 Å². The smallest absolute Gasteiger partial charge is 0.253 e. The number of hydrogen-bond donors (Lipinski definition) is 2. The molecule has 1 aliphatic heterocycles. The third-order valence-electron chi connectivity index (χ3n) is 4.74. The summed E-state index contributed by atoms with van der Waals surface area (Å²) < 4.78 is 0. The second-order valence-electron chi connectivity index (χ2n) is 7.11. The van der Waals surface area contributed by atoms with E-state index in [1.807, 2.05) is 45.3 Å². The lowest BCUT2D eigenvalue weighted by atomic mass is 10.0. The van der Waals surface area contributed by atoms with Crippen molar-refractivity contribution >= 4 is 17.5 Å². The van der Waals surface area contributed by atoms with Gasteiger partial charge in [-0.3, -0.25) is 9.59 Å². The lowest BCUT2D eigenvalue weighted by Gasteiger charge is -2.34. The van der Waals surface area contributed by atoms with Gasteiger partial charge in [0.25, 0.3) is 5.91 Å². The van der Waals surface area contributed by atoms with Gasteiger partial charge in [-0.05, 0) is 52.0 Å². The first-order valence-corrected chi connectivity index (χ1v) is 9.57. The summed E-state index contributed by atoms with van der Waals surface area (Å²) in [5.41, 5.74) is 1.71. The van der Waals surface area contributed by atoms with Crippen molar-refractivity contribution in [2.24, 2.45) is 0 Å². The van der Waals surface area contributed by atoms with Gasteiger partial charge in [-0.25, -0.2) is 0 Å². The summed E-state index contributed by atoms with van der Waals surface area (Å²) in [6.07, 6.45) is 3.27. The zero-order valence-corrected chi connectivity index (χ0v) is 16.3. The minimum atomic E-state index is -0.0132. The number of carbonyl (C=O) groups is 2. The zero-order chi connectivity index (χ0) is 18.9. The third-order valence-corrected chi connectivity index (χ3v) is 4.74. The van der Waals surface area contributed by atoms with E-state index in [0.29, 0.717) is 13.0 Å². The van der Waals surface area contributed by atoms with E-state index in [-0.39, 0.29) is 17.9 Å². The van der Waals surface area contributed by atoms with Crippen LogP contribution in [0.5, 0.6) is 0 Å². The highest BCUT2D eigenvalue weighted by Gasteiger charge is 2.23. The molecule has 0 radical (unpaired) electrons. The number of nitrogens with zero attached hydrogens (tertiary/aromatic N) is 2. The van der Waals surface area contributed by atoms with E-state index in [2.05, 4.69) is 20.4 Å². The third kappa shape index (κ3) is 6.02. The maximum atomic E-state index is 12.6. The number of benzene rings is 1. The molecule has 1 aromatic rings. The average molecular weight is 361 g/mol. The molecule has 6 nitrogen and oxygen atoms in total. The molecule has 0 unspecified atom stereocenters. The Morgan fingerprint density at radius 2 is 1.88 bits per heavy atom. The minimum Gasteiger partial charge on any atom is -0.371 e. The van der Waals surface area contributed by atoms with Crippen LogP contribution in [0.25, 0.3) is 0 Å². The molecule has 2 amide bonds. The Balaban J connectivity index is 1.92. The van der Waals surface area contributed by atoms with E-state index in [1.54, 1.807) is 0 Å². The van der Waals surface area contributed by atoms with Gasteiger partial charge in [0.1, 0.15) is 0 Å². The molecule has 0 aliphatic carbocycles. The summed E-state index contributed by atoms with van der Waals surface area (Å²) in [5.74, 6) is 0.0988. The average Bonchev–Trinajstić information content (AvgIpc) is 2.65. The Bertz CT molecular complexity index is 595. The highest BCUT2D eigenvalue weighted by atomic mass is 16.2. The number of nitrogens with one attached hydrogen (secondary N) is 2. The topological polar surface area (TPSA) is 64.7 Å². The number of carbonyl (C=O) groups excluding carboxylic acids is 2. The van der Waals surface area contributed by atoms with Crippen molar-refractivity contribution in [3.8, 4) is 0 Å². The molecule has 0 aromatic heterocycles. The fourth-order valence-electron chi connectivity index (χ4n) is 3.23. The van der Waals surface area contributed by atoms with Crippen LogP contribution >= 0.6 is 0 Å². The van der Waals surface area contributed by atoms with Crippen LogP contribution in [0.15, 0.2) is 24.3 Å². The van der Waals surface area contributed by atoms with Crippen LogP contribution in [-0.2, 0) is 4.79 Å². The van der Waals surface area contributed by atoms with Crippen LogP contribution in [0.1, 0.15) is 43.0 Å². The normalized spacial score (nSPS) is 15.2. The van der Waals surface area contributed by atoms with Crippen molar-refractivity contribution in [1.82, 2.24) is 15.5 Å².